The molecule has 0 atom stereocenters. The highest BCUT2D eigenvalue weighted by atomic mass is 16.5. The van der Waals surface area contributed by atoms with Crippen molar-refractivity contribution in [2.45, 2.75) is 38.7 Å². The van der Waals surface area contributed by atoms with Crippen molar-refractivity contribution in [1.29, 1.82) is 0 Å². The Kier molecular flexibility index (Phi) is 4.00. The van der Waals surface area contributed by atoms with Crippen LogP contribution in [0.25, 0.3) is 5.57 Å². The summed E-state index contributed by atoms with van der Waals surface area (Å²) < 4.78 is 6.02. The van der Waals surface area contributed by atoms with E-state index in [0.29, 0.717) is 18.0 Å². The van der Waals surface area contributed by atoms with E-state index < -0.39 is 5.97 Å². The van der Waals surface area contributed by atoms with Gasteiger partial charge in [-0.05, 0) is 30.5 Å². The Morgan fingerprint density at radius 1 is 1.12 bits per heavy atom. The first-order valence-electron chi connectivity index (χ1n) is 8.16. The van der Waals surface area contributed by atoms with Gasteiger partial charge in [-0.1, -0.05) is 38.6 Å². The SMILES string of the molecule is C=C(c1ccc2c(c1)C(C)(C)COC2(C)C)c1ncc(C(=O)O)cn1. The maximum atomic E-state index is 10.9. The first-order valence-corrected chi connectivity index (χ1v) is 8.16. The van der Waals surface area contributed by atoms with E-state index in [2.05, 4.69) is 56.4 Å². The van der Waals surface area contributed by atoms with Gasteiger partial charge in [0.15, 0.2) is 5.82 Å². The van der Waals surface area contributed by atoms with Gasteiger partial charge >= 0.3 is 5.97 Å². The van der Waals surface area contributed by atoms with Gasteiger partial charge < -0.3 is 9.84 Å². The van der Waals surface area contributed by atoms with Gasteiger partial charge in [0.05, 0.1) is 17.8 Å². The lowest BCUT2D eigenvalue weighted by molar-refractivity contribution is -0.0587. The summed E-state index contributed by atoms with van der Waals surface area (Å²) in [6.45, 7) is 13.2. The van der Waals surface area contributed by atoms with Gasteiger partial charge in [0.25, 0.3) is 0 Å². The molecule has 0 aliphatic carbocycles. The fraction of sp³-hybridized carbons (Fsp3) is 0.350. The molecular weight excluding hydrogens is 316 g/mol. The van der Waals surface area contributed by atoms with E-state index in [0.717, 1.165) is 5.56 Å². The molecule has 0 unspecified atom stereocenters. The number of rotatable bonds is 3. The summed E-state index contributed by atoms with van der Waals surface area (Å²) in [6, 6.07) is 6.18. The first kappa shape index (κ1) is 17.3. The number of carboxylic acid groups (broad SMARTS) is 1. The number of aromatic carboxylic acids is 1. The Labute approximate surface area is 147 Å². The summed E-state index contributed by atoms with van der Waals surface area (Å²) in [5, 5.41) is 8.96. The van der Waals surface area contributed by atoms with Crippen LogP contribution in [0, 0.1) is 0 Å². The molecule has 5 heteroatoms. The summed E-state index contributed by atoms with van der Waals surface area (Å²) in [5.74, 6) is -0.621. The summed E-state index contributed by atoms with van der Waals surface area (Å²) in [4.78, 5) is 19.2. The molecule has 3 rings (SSSR count). The van der Waals surface area contributed by atoms with Gasteiger partial charge in [-0.15, -0.1) is 0 Å². The van der Waals surface area contributed by atoms with Crippen LogP contribution in [0.3, 0.4) is 0 Å². The molecule has 1 aliphatic heterocycles. The molecule has 25 heavy (non-hydrogen) atoms. The zero-order valence-electron chi connectivity index (χ0n) is 15.0. The Bertz CT molecular complexity index is 852. The molecule has 0 saturated heterocycles. The van der Waals surface area contributed by atoms with Crippen molar-refractivity contribution < 1.29 is 14.6 Å². The van der Waals surface area contributed by atoms with Gasteiger partial charge in [-0.25, -0.2) is 14.8 Å². The van der Waals surface area contributed by atoms with Crippen molar-refractivity contribution in [2.24, 2.45) is 0 Å². The zero-order chi connectivity index (χ0) is 18.4. The first-order chi connectivity index (χ1) is 11.6. The van der Waals surface area contributed by atoms with E-state index in [9.17, 15) is 4.79 Å². The van der Waals surface area contributed by atoms with Crippen LogP contribution in [0.15, 0.2) is 37.2 Å². The van der Waals surface area contributed by atoms with E-state index in [4.69, 9.17) is 9.84 Å². The molecule has 0 bridgehead atoms. The predicted octanol–water partition coefficient (Wildman–Crippen LogP) is 3.78. The zero-order valence-corrected chi connectivity index (χ0v) is 15.0. The normalized spacial score (nSPS) is 17.6. The molecule has 0 saturated carbocycles. The van der Waals surface area contributed by atoms with Gasteiger partial charge in [0.1, 0.15) is 0 Å². The molecule has 5 nitrogen and oxygen atoms in total. The fourth-order valence-corrected chi connectivity index (χ4v) is 3.06. The second-order valence-corrected chi connectivity index (χ2v) is 7.52. The molecule has 1 aromatic carbocycles. The molecule has 0 spiro atoms. The highest BCUT2D eigenvalue weighted by molar-refractivity contribution is 5.87. The lowest BCUT2D eigenvalue weighted by Gasteiger charge is -2.42. The van der Waals surface area contributed by atoms with Crippen molar-refractivity contribution >= 4 is 11.5 Å². The average molecular weight is 338 g/mol. The van der Waals surface area contributed by atoms with Crippen LogP contribution < -0.4 is 0 Å². The van der Waals surface area contributed by atoms with Crippen LogP contribution in [0.5, 0.6) is 0 Å². The van der Waals surface area contributed by atoms with Crippen LogP contribution in [0.2, 0.25) is 0 Å². The van der Waals surface area contributed by atoms with Crippen LogP contribution in [-0.2, 0) is 15.8 Å². The molecule has 0 amide bonds. The minimum absolute atomic E-state index is 0.0574. The number of nitrogens with zero attached hydrogens (tertiary/aromatic N) is 2. The average Bonchev–Trinajstić information content (AvgIpc) is 2.58. The smallest absolute Gasteiger partial charge is 0.338 e. The predicted molar refractivity (Wildman–Crippen MR) is 95.6 cm³/mol. The number of carboxylic acids is 1. The molecule has 1 N–H and O–H groups in total. The van der Waals surface area contributed by atoms with Gasteiger partial charge in [-0.2, -0.15) is 0 Å². The van der Waals surface area contributed by atoms with Crippen molar-refractivity contribution in [3.05, 3.63) is 65.2 Å². The Morgan fingerprint density at radius 3 is 2.36 bits per heavy atom. The third kappa shape index (κ3) is 3.07. The van der Waals surface area contributed by atoms with Crippen molar-refractivity contribution in [3.63, 3.8) is 0 Å². The Balaban J connectivity index is 2.01. The highest BCUT2D eigenvalue weighted by Crippen LogP contribution is 2.42. The molecule has 2 heterocycles. The molecule has 130 valence electrons. The number of benzene rings is 1. The summed E-state index contributed by atoms with van der Waals surface area (Å²) in [5.41, 5.74) is 3.61. The molecule has 1 aromatic heterocycles. The quantitative estimate of drug-likeness (QED) is 0.922. The molecule has 2 aromatic rings. The second-order valence-electron chi connectivity index (χ2n) is 7.52. The largest absolute Gasteiger partial charge is 0.478 e. The number of carbonyl (C=O) groups is 1. The van der Waals surface area contributed by atoms with Crippen LogP contribution in [-0.4, -0.2) is 27.7 Å². The standard InChI is InChI=1S/C20H22N2O3/c1-12(17-21-9-14(10-22-17)18(23)24)13-6-7-15-16(8-13)19(2,3)11-25-20(15,4)5/h6-10H,1,11H2,2-5H3,(H,23,24). The molecule has 0 fully saturated rings. The molecule has 0 radical (unpaired) electrons. The molecule has 1 aliphatic rings. The number of hydrogen-bond acceptors (Lipinski definition) is 4. The Morgan fingerprint density at radius 2 is 1.76 bits per heavy atom. The maximum absolute atomic E-state index is 10.9. The van der Waals surface area contributed by atoms with Gasteiger partial charge in [0, 0.05) is 23.4 Å². The van der Waals surface area contributed by atoms with Gasteiger partial charge in [-0.3, -0.25) is 0 Å². The van der Waals surface area contributed by atoms with Crippen molar-refractivity contribution in [1.82, 2.24) is 9.97 Å². The second kappa shape index (κ2) is 5.77. The van der Waals surface area contributed by atoms with E-state index in [1.165, 1.54) is 23.5 Å². The Hall–Kier alpha value is -2.53. The third-order valence-corrected chi connectivity index (χ3v) is 4.71. The lowest BCUT2D eigenvalue weighted by Crippen LogP contribution is -2.39. The van der Waals surface area contributed by atoms with E-state index in [1.807, 2.05) is 6.07 Å². The van der Waals surface area contributed by atoms with Gasteiger partial charge in [0.2, 0.25) is 0 Å². The number of aromatic nitrogens is 2. The van der Waals surface area contributed by atoms with E-state index in [1.54, 1.807) is 0 Å². The highest BCUT2D eigenvalue weighted by Gasteiger charge is 2.38. The number of ether oxygens (including phenoxy) is 1. The minimum atomic E-state index is -1.05. The fourth-order valence-electron chi connectivity index (χ4n) is 3.06. The monoisotopic (exact) mass is 338 g/mol. The third-order valence-electron chi connectivity index (χ3n) is 4.71. The summed E-state index contributed by atoms with van der Waals surface area (Å²) >= 11 is 0. The van der Waals surface area contributed by atoms with E-state index in [-0.39, 0.29) is 16.6 Å². The van der Waals surface area contributed by atoms with Crippen molar-refractivity contribution in [2.75, 3.05) is 6.61 Å². The summed E-state index contributed by atoms with van der Waals surface area (Å²) in [6.07, 6.45) is 2.60. The minimum Gasteiger partial charge on any atom is -0.478 e. The summed E-state index contributed by atoms with van der Waals surface area (Å²) in [7, 11) is 0. The van der Waals surface area contributed by atoms with Crippen LogP contribution in [0.1, 0.15) is 60.6 Å². The number of fused-ring (bicyclic) bond motifs is 1. The van der Waals surface area contributed by atoms with E-state index >= 15 is 0 Å². The van der Waals surface area contributed by atoms with Crippen LogP contribution >= 0.6 is 0 Å². The van der Waals surface area contributed by atoms with Crippen molar-refractivity contribution in [3.8, 4) is 0 Å². The van der Waals surface area contributed by atoms with Crippen LogP contribution in [0.4, 0.5) is 0 Å². The maximum Gasteiger partial charge on any atom is 0.338 e. The topological polar surface area (TPSA) is 72.3 Å². The number of hydrogen-bond donors (Lipinski definition) is 1. The molecular formula is C20H22N2O3. The lowest BCUT2D eigenvalue weighted by atomic mass is 9.74.